The molecule has 21 heavy (non-hydrogen) atoms. The first-order valence-corrected chi connectivity index (χ1v) is 8.78. The highest BCUT2D eigenvalue weighted by molar-refractivity contribution is 7.91. The van der Waals surface area contributed by atoms with Crippen molar-refractivity contribution in [2.45, 2.75) is 44.1 Å². The summed E-state index contributed by atoms with van der Waals surface area (Å²) in [6.07, 6.45) is 0. The predicted molar refractivity (Wildman–Crippen MR) is 79.4 cm³/mol. The molecule has 0 saturated carbocycles. The minimum Gasteiger partial charge on any atom is -0.338 e. The van der Waals surface area contributed by atoms with E-state index in [2.05, 4.69) is 20.2 Å². The number of sulfonamides is 1. The van der Waals surface area contributed by atoms with Crippen LogP contribution in [0.2, 0.25) is 0 Å². The molecule has 0 saturated heterocycles. The van der Waals surface area contributed by atoms with Crippen molar-refractivity contribution < 1.29 is 12.9 Å². The minimum absolute atomic E-state index is 0.0132. The van der Waals surface area contributed by atoms with Gasteiger partial charge in [0.15, 0.2) is 5.82 Å². The van der Waals surface area contributed by atoms with Crippen molar-refractivity contribution in [2.24, 2.45) is 0 Å². The fourth-order valence-electron chi connectivity index (χ4n) is 1.54. The average molecular weight is 330 g/mol. The molecule has 2 N–H and O–H groups in total. The zero-order valence-corrected chi connectivity index (χ0v) is 13.7. The fourth-order valence-corrected chi connectivity index (χ4v) is 3.87. The highest BCUT2D eigenvalue weighted by Gasteiger charge is 2.18. The molecule has 0 spiro atoms. The van der Waals surface area contributed by atoms with Crippen molar-refractivity contribution in [3.8, 4) is 0 Å². The number of aryl methyl sites for hydroxylation is 1. The Morgan fingerprint density at radius 1 is 1.33 bits per heavy atom. The second-order valence-electron chi connectivity index (χ2n) is 4.82. The Balaban J connectivity index is 1.99. The van der Waals surface area contributed by atoms with Crippen LogP contribution in [0.4, 0.5) is 0 Å². The van der Waals surface area contributed by atoms with Gasteiger partial charge >= 0.3 is 0 Å². The summed E-state index contributed by atoms with van der Waals surface area (Å²) in [6, 6.07) is 3.76. The molecule has 2 heterocycles. The van der Waals surface area contributed by atoms with E-state index in [1.165, 1.54) is 11.3 Å². The molecule has 0 aliphatic heterocycles. The summed E-state index contributed by atoms with van der Waals surface area (Å²) in [6.45, 7) is 6.40. The van der Waals surface area contributed by atoms with Crippen molar-refractivity contribution in [1.82, 2.24) is 20.2 Å². The smallest absolute Gasteiger partial charge is 0.250 e. The van der Waals surface area contributed by atoms with E-state index in [-0.39, 0.29) is 16.6 Å². The van der Waals surface area contributed by atoms with Gasteiger partial charge in [-0.1, -0.05) is 19.0 Å². The van der Waals surface area contributed by atoms with Gasteiger partial charge in [0.2, 0.25) is 5.89 Å². The Bertz CT molecular complexity index is 691. The van der Waals surface area contributed by atoms with Gasteiger partial charge in [-0.3, -0.25) is 0 Å². The lowest BCUT2D eigenvalue weighted by atomic mass is 10.4. The first kappa shape index (κ1) is 16.1. The van der Waals surface area contributed by atoms with E-state index in [9.17, 15) is 8.42 Å². The largest absolute Gasteiger partial charge is 0.338 e. The molecule has 116 valence electrons. The average Bonchev–Trinajstić information content (AvgIpc) is 3.03. The lowest BCUT2D eigenvalue weighted by Crippen LogP contribution is -2.22. The van der Waals surface area contributed by atoms with Crippen molar-refractivity contribution in [3.05, 3.63) is 28.7 Å². The Hall–Kier alpha value is -1.29. The zero-order valence-electron chi connectivity index (χ0n) is 12.1. The summed E-state index contributed by atoms with van der Waals surface area (Å²) in [4.78, 5) is 4.92. The highest BCUT2D eigenvalue weighted by atomic mass is 32.2. The Kier molecular flexibility index (Phi) is 5.09. The molecule has 2 aromatic rings. The molecule has 0 fully saturated rings. The van der Waals surface area contributed by atoms with Crippen LogP contribution in [0.25, 0.3) is 0 Å². The molecule has 2 aromatic heterocycles. The van der Waals surface area contributed by atoms with E-state index in [0.717, 1.165) is 4.88 Å². The van der Waals surface area contributed by atoms with Crippen LogP contribution in [-0.2, 0) is 23.1 Å². The first-order chi connectivity index (χ1) is 9.87. The monoisotopic (exact) mass is 330 g/mol. The number of thiophene rings is 1. The molecule has 0 amide bonds. The van der Waals surface area contributed by atoms with Crippen LogP contribution in [0.15, 0.2) is 20.9 Å². The molecule has 2 rings (SSSR count). The molecule has 0 atom stereocenters. The van der Waals surface area contributed by atoms with Gasteiger partial charge in [0.1, 0.15) is 4.21 Å². The summed E-state index contributed by atoms with van der Waals surface area (Å²) >= 11 is 1.24. The normalized spacial score (nSPS) is 12.2. The molecule has 0 aliphatic rings. The van der Waals surface area contributed by atoms with Gasteiger partial charge in [-0.25, -0.2) is 13.1 Å². The van der Waals surface area contributed by atoms with Crippen LogP contribution in [0.5, 0.6) is 0 Å². The van der Waals surface area contributed by atoms with Crippen LogP contribution in [0, 0.1) is 6.92 Å². The van der Waals surface area contributed by atoms with Crippen LogP contribution in [0.3, 0.4) is 0 Å². The van der Waals surface area contributed by atoms with Crippen molar-refractivity contribution >= 4 is 21.4 Å². The Morgan fingerprint density at radius 3 is 2.71 bits per heavy atom. The molecular weight excluding hydrogens is 312 g/mol. The maximum absolute atomic E-state index is 12.2. The van der Waals surface area contributed by atoms with Crippen molar-refractivity contribution in [1.29, 1.82) is 0 Å². The van der Waals surface area contributed by atoms with E-state index in [1.54, 1.807) is 13.0 Å². The number of nitrogens with zero attached hydrogens (tertiary/aromatic N) is 2. The third-order valence-corrected chi connectivity index (χ3v) is 5.55. The standard InChI is InChI=1S/C12H18N4O3S2/c1-8(2)13-6-10-4-5-12(20-10)21(17,18)14-7-11-15-9(3)16-19-11/h4-5,8,13-14H,6-7H2,1-3H3. The molecule has 0 radical (unpaired) electrons. The number of nitrogens with one attached hydrogen (secondary N) is 2. The second-order valence-corrected chi connectivity index (χ2v) is 7.98. The third kappa shape index (κ3) is 4.60. The van der Waals surface area contributed by atoms with Crippen LogP contribution < -0.4 is 10.0 Å². The van der Waals surface area contributed by atoms with Gasteiger partial charge in [0.05, 0.1) is 6.54 Å². The quantitative estimate of drug-likeness (QED) is 0.797. The molecule has 0 aliphatic carbocycles. The maximum atomic E-state index is 12.2. The van der Waals surface area contributed by atoms with Gasteiger partial charge in [-0.15, -0.1) is 11.3 Å². The highest BCUT2D eigenvalue weighted by Crippen LogP contribution is 2.21. The van der Waals surface area contributed by atoms with E-state index >= 15 is 0 Å². The summed E-state index contributed by atoms with van der Waals surface area (Å²) in [7, 11) is -3.55. The van der Waals surface area contributed by atoms with E-state index in [4.69, 9.17) is 4.52 Å². The summed E-state index contributed by atoms with van der Waals surface area (Å²) < 4.78 is 31.9. The SMILES string of the molecule is Cc1noc(CNS(=O)(=O)c2ccc(CNC(C)C)s2)n1. The maximum Gasteiger partial charge on any atom is 0.250 e. The minimum atomic E-state index is -3.55. The number of hydrogen-bond acceptors (Lipinski definition) is 7. The lowest BCUT2D eigenvalue weighted by Gasteiger charge is -2.05. The summed E-state index contributed by atoms with van der Waals surface area (Å²) in [5, 5.41) is 6.86. The Labute approximate surface area is 127 Å². The first-order valence-electron chi connectivity index (χ1n) is 6.48. The molecule has 0 aromatic carbocycles. The summed E-state index contributed by atoms with van der Waals surface area (Å²) in [5.41, 5.74) is 0. The molecule has 9 heteroatoms. The third-order valence-electron chi connectivity index (χ3n) is 2.57. The van der Waals surface area contributed by atoms with E-state index < -0.39 is 10.0 Å². The molecule has 0 unspecified atom stereocenters. The van der Waals surface area contributed by atoms with Crippen molar-refractivity contribution in [3.63, 3.8) is 0 Å². The topological polar surface area (TPSA) is 97.1 Å². The number of hydrogen-bond donors (Lipinski definition) is 2. The zero-order chi connectivity index (χ0) is 15.5. The van der Waals surface area contributed by atoms with Gasteiger partial charge in [-0.05, 0) is 19.1 Å². The van der Waals surface area contributed by atoms with E-state index in [0.29, 0.717) is 18.4 Å². The number of aromatic nitrogens is 2. The van der Waals surface area contributed by atoms with Gasteiger partial charge < -0.3 is 9.84 Å². The van der Waals surface area contributed by atoms with E-state index in [1.807, 2.05) is 19.9 Å². The molecule has 7 nitrogen and oxygen atoms in total. The Morgan fingerprint density at radius 2 is 2.10 bits per heavy atom. The molecule has 0 bridgehead atoms. The summed E-state index contributed by atoms with van der Waals surface area (Å²) in [5.74, 6) is 0.719. The predicted octanol–water partition coefficient (Wildman–Crippen LogP) is 1.42. The number of rotatable bonds is 7. The lowest BCUT2D eigenvalue weighted by molar-refractivity contribution is 0.372. The van der Waals surface area contributed by atoms with Gasteiger partial charge in [0, 0.05) is 17.5 Å². The van der Waals surface area contributed by atoms with Crippen LogP contribution in [0.1, 0.15) is 30.4 Å². The fraction of sp³-hybridized carbons (Fsp3) is 0.500. The van der Waals surface area contributed by atoms with Crippen LogP contribution >= 0.6 is 11.3 Å². The molecular formula is C12H18N4O3S2. The second kappa shape index (κ2) is 6.65. The van der Waals surface area contributed by atoms with Gasteiger partial charge in [0.25, 0.3) is 10.0 Å². The van der Waals surface area contributed by atoms with Crippen LogP contribution in [-0.4, -0.2) is 24.6 Å². The van der Waals surface area contributed by atoms with Crippen molar-refractivity contribution in [2.75, 3.05) is 0 Å². The van der Waals surface area contributed by atoms with Gasteiger partial charge in [-0.2, -0.15) is 4.98 Å².